The summed E-state index contributed by atoms with van der Waals surface area (Å²) in [7, 11) is 0. The average Bonchev–Trinajstić information content (AvgIpc) is 2.81. The molecule has 0 saturated carbocycles. The monoisotopic (exact) mass is 459 g/mol. The van der Waals surface area contributed by atoms with Crippen LogP contribution >= 0.6 is 11.8 Å². The van der Waals surface area contributed by atoms with Gasteiger partial charge < -0.3 is 15.5 Å². The number of fused-ring (bicyclic) bond motifs is 1. The summed E-state index contributed by atoms with van der Waals surface area (Å²) >= 11 is 1.29. The minimum absolute atomic E-state index is 0.0574. The molecule has 1 aromatic heterocycles. The zero-order chi connectivity index (χ0) is 23.1. The Morgan fingerprint density at radius 2 is 2.00 bits per heavy atom. The van der Waals surface area contributed by atoms with E-state index in [0.717, 1.165) is 38.9 Å². The van der Waals surface area contributed by atoms with Gasteiger partial charge in [0.15, 0.2) is 5.16 Å². The molecule has 3 rings (SSSR count). The van der Waals surface area contributed by atoms with E-state index >= 15 is 0 Å². The van der Waals surface area contributed by atoms with E-state index < -0.39 is 0 Å². The molecule has 9 heteroatoms. The number of nitrogens with zero attached hydrogens (tertiary/aromatic N) is 4. The number of piperidine rings is 1. The van der Waals surface area contributed by atoms with Gasteiger partial charge in [-0.2, -0.15) is 0 Å². The molecule has 8 nitrogen and oxygen atoms in total. The van der Waals surface area contributed by atoms with Gasteiger partial charge in [-0.05, 0) is 51.0 Å². The molecule has 174 valence electrons. The molecule has 1 aliphatic heterocycles. The number of carbonyl (C=O) groups excluding carboxylic acids is 2. The largest absolute Gasteiger partial charge is 0.369 e. The summed E-state index contributed by atoms with van der Waals surface area (Å²) in [6, 6.07) is 7.32. The molecule has 1 aromatic carbocycles. The summed E-state index contributed by atoms with van der Waals surface area (Å²) in [6.45, 7) is 8.66. The van der Waals surface area contributed by atoms with Crippen LogP contribution < -0.4 is 11.3 Å². The number of nitrogens with two attached hydrogens (primary N) is 1. The number of aromatic nitrogens is 2. The highest BCUT2D eigenvalue weighted by molar-refractivity contribution is 7.99. The number of hydrogen-bond acceptors (Lipinski definition) is 6. The molecule has 1 saturated heterocycles. The van der Waals surface area contributed by atoms with E-state index in [0.29, 0.717) is 35.7 Å². The second-order valence-electron chi connectivity index (χ2n) is 8.12. The fourth-order valence-electron chi connectivity index (χ4n) is 4.10. The van der Waals surface area contributed by atoms with Gasteiger partial charge in [0.1, 0.15) is 0 Å². The second kappa shape index (κ2) is 11.5. The van der Waals surface area contributed by atoms with Gasteiger partial charge in [-0.3, -0.25) is 19.0 Å². The molecule has 0 radical (unpaired) electrons. The smallest absolute Gasteiger partial charge is 0.262 e. The van der Waals surface area contributed by atoms with E-state index in [1.165, 1.54) is 11.8 Å². The molecular formula is C23H33N5O3S. The van der Waals surface area contributed by atoms with Gasteiger partial charge in [0.2, 0.25) is 11.8 Å². The van der Waals surface area contributed by atoms with Crippen LogP contribution in [-0.2, 0) is 16.1 Å². The lowest BCUT2D eigenvalue weighted by Crippen LogP contribution is -2.44. The highest BCUT2D eigenvalue weighted by atomic mass is 32.2. The minimum Gasteiger partial charge on any atom is -0.369 e. The number of primary amides is 1. The molecule has 2 aromatic rings. The van der Waals surface area contributed by atoms with Crippen molar-refractivity contribution in [3.63, 3.8) is 0 Å². The Balaban J connectivity index is 1.76. The van der Waals surface area contributed by atoms with Crippen LogP contribution in [0.5, 0.6) is 0 Å². The SMILES string of the molecule is CCN(CC)CCCn1c(SCC(=O)N2CCCC(C(N)=O)C2)nc2ccccc2c1=O. The normalized spacial score (nSPS) is 16.6. The fourth-order valence-corrected chi connectivity index (χ4v) is 5.03. The van der Waals surface area contributed by atoms with Crippen molar-refractivity contribution in [1.29, 1.82) is 0 Å². The van der Waals surface area contributed by atoms with Crippen LogP contribution in [0, 0.1) is 5.92 Å². The van der Waals surface area contributed by atoms with E-state index in [1.807, 2.05) is 18.2 Å². The highest BCUT2D eigenvalue weighted by Crippen LogP contribution is 2.21. The van der Waals surface area contributed by atoms with E-state index in [9.17, 15) is 14.4 Å². The van der Waals surface area contributed by atoms with E-state index in [4.69, 9.17) is 10.7 Å². The Labute approximate surface area is 193 Å². The standard InChI is InChI=1S/C23H33N5O3S/c1-3-26(4-2)12-8-14-28-22(31)18-10-5-6-11-19(18)25-23(28)32-16-20(29)27-13-7-9-17(15-27)21(24)30/h5-6,10-11,17H,3-4,7-9,12-16H2,1-2H3,(H2,24,30). The maximum absolute atomic E-state index is 13.2. The number of benzene rings is 1. The Kier molecular flexibility index (Phi) is 8.69. The summed E-state index contributed by atoms with van der Waals surface area (Å²) in [6.07, 6.45) is 2.33. The van der Waals surface area contributed by atoms with Gasteiger partial charge in [-0.1, -0.05) is 37.7 Å². The first-order valence-corrected chi connectivity index (χ1v) is 12.3. The predicted octanol–water partition coefficient (Wildman–Crippen LogP) is 1.94. The summed E-state index contributed by atoms with van der Waals surface area (Å²) in [5.41, 5.74) is 6.00. The van der Waals surface area contributed by atoms with Crippen molar-refractivity contribution in [1.82, 2.24) is 19.4 Å². The van der Waals surface area contributed by atoms with Crippen LogP contribution in [-0.4, -0.2) is 69.6 Å². The van der Waals surface area contributed by atoms with E-state index in [2.05, 4.69) is 18.7 Å². The van der Waals surface area contributed by atoms with Crippen molar-refractivity contribution in [2.75, 3.05) is 38.5 Å². The summed E-state index contributed by atoms with van der Waals surface area (Å²) in [5.74, 6) is -0.520. The number of amides is 2. The van der Waals surface area contributed by atoms with Crippen molar-refractivity contribution in [2.24, 2.45) is 11.7 Å². The molecule has 1 fully saturated rings. The minimum atomic E-state index is -0.353. The maximum atomic E-state index is 13.2. The predicted molar refractivity (Wildman–Crippen MR) is 128 cm³/mol. The van der Waals surface area contributed by atoms with E-state index in [1.54, 1.807) is 15.5 Å². The summed E-state index contributed by atoms with van der Waals surface area (Å²) in [4.78, 5) is 46.2. The van der Waals surface area contributed by atoms with Crippen LogP contribution in [0.1, 0.15) is 33.1 Å². The Morgan fingerprint density at radius 3 is 2.72 bits per heavy atom. The van der Waals surface area contributed by atoms with Gasteiger partial charge >= 0.3 is 0 Å². The molecule has 1 atom stereocenters. The van der Waals surface area contributed by atoms with Gasteiger partial charge in [-0.15, -0.1) is 0 Å². The molecule has 1 unspecified atom stereocenters. The molecule has 0 bridgehead atoms. The molecular weight excluding hydrogens is 426 g/mol. The first kappa shape index (κ1) is 24.3. The zero-order valence-electron chi connectivity index (χ0n) is 19.0. The maximum Gasteiger partial charge on any atom is 0.262 e. The lowest BCUT2D eigenvalue weighted by molar-refractivity contribution is -0.132. The lowest BCUT2D eigenvalue weighted by atomic mass is 9.97. The second-order valence-corrected chi connectivity index (χ2v) is 9.06. The first-order valence-electron chi connectivity index (χ1n) is 11.4. The van der Waals surface area contributed by atoms with Crippen LogP contribution in [0.2, 0.25) is 0 Å². The topological polar surface area (TPSA) is 102 Å². The summed E-state index contributed by atoms with van der Waals surface area (Å²) < 4.78 is 1.70. The van der Waals surface area contributed by atoms with Crippen LogP contribution in [0.4, 0.5) is 0 Å². The number of rotatable bonds is 10. The number of thioether (sulfide) groups is 1. The zero-order valence-corrected chi connectivity index (χ0v) is 19.8. The molecule has 2 heterocycles. The third kappa shape index (κ3) is 5.89. The third-order valence-electron chi connectivity index (χ3n) is 6.08. The first-order chi connectivity index (χ1) is 15.4. The van der Waals surface area contributed by atoms with Crippen molar-refractivity contribution in [2.45, 2.75) is 44.8 Å². The Hall–Kier alpha value is -2.39. The molecule has 2 amide bonds. The van der Waals surface area contributed by atoms with Gasteiger partial charge in [0.25, 0.3) is 5.56 Å². The fraction of sp³-hybridized carbons (Fsp3) is 0.565. The van der Waals surface area contributed by atoms with Gasteiger partial charge in [-0.25, -0.2) is 4.98 Å². The lowest BCUT2D eigenvalue weighted by Gasteiger charge is -2.31. The third-order valence-corrected chi connectivity index (χ3v) is 7.04. The number of likely N-dealkylation sites (tertiary alicyclic amines) is 1. The Morgan fingerprint density at radius 1 is 1.25 bits per heavy atom. The van der Waals surface area contributed by atoms with Crippen molar-refractivity contribution in [3.05, 3.63) is 34.6 Å². The molecule has 0 spiro atoms. The van der Waals surface area contributed by atoms with Crippen molar-refractivity contribution < 1.29 is 9.59 Å². The van der Waals surface area contributed by atoms with E-state index in [-0.39, 0.29) is 29.0 Å². The molecule has 1 aliphatic rings. The molecule has 32 heavy (non-hydrogen) atoms. The summed E-state index contributed by atoms with van der Waals surface area (Å²) in [5, 5.41) is 1.15. The number of carbonyl (C=O) groups is 2. The van der Waals surface area contributed by atoms with Crippen LogP contribution in [0.25, 0.3) is 10.9 Å². The van der Waals surface area contributed by atoms with Crippen molar-refractivity contribution in [3.8, 4) is 0 Å². The average molecular weight is 460 g/mol. The van der Waals surface area contributed by atoms with Gasteiger partial charge in [0, 0.05) is 19.6 Å². The quantitative estimate of drug-likeness (QED) is 0.430. The Bertz CT molecular complexity index is 1000. The van der Waals surface area contributed by atoms with Crippen molar-refractivity contribution >= 4 is 34.5 Å². The van der Waals surface area contributed by atoms with Crippen LogP contribution in [0.3, 0.4) is 0 Å². The number of hydrogen-bond donors (Lipinski definition) is 1. The highest BCUT2D eigenvalue weighted by Gasteiger charge is 2.27. The molecule has 0 aliphatic carbocycles. The number of para-hydroxylation sites is 1. The van der Waals surface area contributed by atoms with Crippen LogP contribution in [0.15, 0.2) is 34.2 Å². The van der Waals surface area contributed by atoms with Gasteiger partial charge in [0.05, 0.1) is 22.6 Å². The molecule has 2 N–H and O–H groups in total.